The molecule has 5 nitrogen and oxygen atoms in total. The van der Waals surface area contributed by atoms with Gasteiger partial charge in [0.05, 0.1) is 6.61 Å². The minimum atomic E-state index is -0.993. The molecule has 1 aromatic rings. The van der Waals surface area contributed by atoms with Crippen LogP contribution in [0.15, 0.2) is 18.2 Å². The number of carbonyl (C=O) groups is 1. The molecule has 116 valence electrons. The Balaban J connectivity index is 1.98. The first kappa shape index (κ1) is 16.1. The van der Waals surface area contributed by atoms with Crippen LogP contribution in [0, 0.1) is 5.92 Å². The Morgan fingerprint density at radius 2 is 2.38 bits per heavy atom. The Labute approximate surface area is 129 Å². The Bertz CT molecular complexity index is 489. The molecule has 1 saturated heterocycles. The largest absolute Gasteiger partial charge is 0.482 e. The van der Waals surface area contributed by atoms with E-state index in [2.05, 4.69) is 4.90 Å². The number of carboxylic acids is 1. The average Bonchev–Trinajstić information content (AvgIpc) is 2.90. The number of hydrogen-bond acceptors (Lipinski definition) is 4. The smallest absolute Gasteiger partial charge is 0.341 e. The molecule has 1 aromatic carbocycles. The van der Waals surface area contributed by atoms with Gasteiger partial charge in [-0.25, -0.2) is 4.79 Å². The fourth-order valence-electron chi connectivity index (χ4n) is 2.48. The molecular weight excluding hydrogens is 294 g/mol. The maximum Gasteiger partial charge on any atom is 0.341 e. The summed E-state index contributed by atoms with van der Waals surface area (Å²) in [4.78, 5) is 12.8. The van der Waals surface area contributed by atoms with E-state index in [9.17, 15) is 4.79 Å². The van der Waals surface area contributed by atoms with Gasteiger partial charge >= 0.3 is 5.97 Å². The zero-order valence-corrected chi connectivity index (χ0v) is 12.8. The van der Waals surface area contributed by atoms with Crippen LogP contribution in [0.4, 0.5) is 0 Å². The molecule has 6 heteroatoms. The first-order valence-electron chi connectivity index (χ1n) is 6.94. The summed E-state index contributed by atoms with van der Waals surface area (Å²) in [6, 6.07) is 5.24. The van der Waals surface area contributed by atoms with Crippen LogP contribution < -0.4 is 4.74 Å². The fourth-order valence-corrected chi connectivity index (χ4v) is 2.67. The van der Waals surface area contributed by atoms with Gasteiger partial charge in [-0.2, -0.15) is 0 Å². The van der Waals surface area contributed by atoms with Crippen LogP contribution in [-0.4, -0.2) is 49.4 Å². The summed E-state index contributed by atoms with van der Waals surface area (Å²) in [5.74, 6) is 0.126. The molecule has 1 atom stereocenters. The molecule has 0 aliphatic carbocycles. The first-order valence-corrected chi connectivity index (χ1v) is 7.31. The van der Waals surface area contributed by atoms with E-state index in [1.54, 1.807) is 12.1 Å². The quantitative estimate of drug-likeness (QED) is 0.837. The van der Waals surface area contributed by atoms with Crippen molar-refractivity contribution in [2.45, 2.75) is 13.0 Å². The van der Waals surface area contributed by atoms with Crippen molar-refractivity contribution < 1.29 is 19.4 Å². The standard InChI is InChI=1S/C15H20ClNO4/c1-17(7-11-4-5-20-9-11)8-12-6-13(16)2-3-14(12)21-10-15(18)19/h2-3,6,11H,4-5,7-10H2,1H3,(H,18,19)/t11-/m0/s1. The summed E-state index contributed by atoms with van der Waals surface area (Å²) in [7, 11) is 2.03. The molecule has 1 fully saturated rings. The van der Waals surface area contributed by atoms with E-state index in [1.807, 2.05) is 13.1 Å². The highest BCUT2D eigenvalue weighted by molar-refractivity contribution is 6.30. The van der Waals surface area contributed by atoms with E-state index in [-0.39, 0.29) is 6.61 Å². The number of halogens is 1. The van der Waals surface area contributed by atoms with Crippen LogP contribution in [0.2, 0.25) is 5.02 Å². The highest BCUT2D eigenvalue weighted by Crippen LogP contribution is 2.25. The lowest BCUT2D eigenvalue weighted by Crippen LogP contribution is -2.26. The average molecular weight is 314 g/mol. The van der Waals surface area contributed by atoms with Crippen LogP contribution in [0.5, 0.6) is 5.75 Å². The van der Waals surface area contributed by atoms with Crippen molar-refractivity contribution in [3.63, 3.8) is 0 Å². The summed E-state index contributed by atoms with van der Waals surface area (Å²) < 4.78 is 10.7. The van der Waals surface area contributed by atoms with Crippen LogP contribution in [0.3, 0.4) is 0 Å². The second-order valence-electron chi connectivity index (χ2n) is 5.36. The number of nitrogens with zero attached hydrogens (tertiary/aromatic N) is 1. The van der Waals surface area contributed by atoms with Gasteiger partial charge < -0.3 is 19.5 Å². The van der Waals surface area contributed by atoms with Crippen LogP contribution >= 0.6 is 11.6 Å². The van der Waals surface area contributed by atoms with Crippen LogP contribution in [0.1, 0.15) is 12.0 Å². The summed E-state index contributed by atoms with van der Waals surface area (Å²) >= 11 is 6.02. The van der Waals surface area contributed by atoms with Crippen LogP contribution in [-0.2, 0) is 16.1 Å². The first-order chi connectivity index (χ1) is 10.0. The molecule has 0 spiro atoms. The van der Waals surface area contributed by atoms with Gasteiger partial charge in [0, 0.05) is 30.3 Å². The zero-order chi connectivity index (χ0) is 15.2. The molecule has 0 aromatic heterocycles. The molecule has 1 aliphatic rings. The number of ether oxygens (including phenoxy) is 2. The van der Waals surface area contributed by atoms with E-state index < -0.39 is 5.97 Å². The highest BCUT2D eigenvalue weighted by atomic mass is 35.5. The van der Waals surface area contributed by atoms with Crippen molar-refractivity contribution in [2.24, 2.45) is 5.92 Å². The minimum absolute atomic E-state index is 0.352. The molecule has 0 radical (unpaired) electrons. The fraction of sp³-hybridized carbons (Fsp3) is 0.533. The van der Waals surface area contributed by atoms with Gasteiger partial charge in [-0.3, -0.25) is 0 Å². The Morgan fingerprint density at radius 3 is 3.05 bits per heavy atom. The maximum absolute atomic E-state index is 10.6. The van der Waals surface area contributed by atoms with Crippen molar-refractivity contribution in [1.82, 2.24) is 4.90 Å². The number of aliphatic carboxylic acids is 1. The van der Waals surface area contributed by atoms with Gasteiger partial charge in [0.2, 0.25) is 0 Å². The number of hydrogen-bond donors (Lipinski definition) is 1. The lowest BCUT2D eigenvalue weighted by atomic mass is 10.1. The zero-order valence-electron chi connectivity index (χ0n) is 12.0. The molecule has 1 aliphatic heterocycles. The molecule has 0 amide bonds. The highest BCUT2D eigenvalue weighted by Gasteiger charge is 2.18. The Kier molecular flexibility index (Phi) is 5.85. The lowest BCUT2D eigenvalue weighted by molar-refractivity contribution is -0.139. The van der Waals surface area contributed by atoms with E-state index >= 15 is 0 Å². The molecule has 0 unspecified atom stereocenters. The molecule has 2 rings (SSSR count). The van der Waals surface area contributed by atoms with E-state index in [0.717, 1.165) is 31.7 Å². The Hall–Kier alpha value is -1.30. The summed E-state index contributed by atoms with van der Waals surface area (Å²) in [6.07, 6.45) is 1.09. The van der Waals surface area contributed by atoms with Crippen molar-refractivity contribution in [2.75, 3.05) is 33.4 Å². The number of benzene rings is 1. The summed E-state index contributed by atoms with van der Waals surface area (Å²) in [5, 5.41) is 9.33. The normalized spacial score (nSPS) is 18.1. The van der Waals surface area contributed by atoms with Crippen molar-refractivity contribution >= 4 is 17.6 Å². The van der Waals surface area contributed by atoms with Gasteiger partial charge in [-0.15, -0.1) is 0 Å². The third-order valence-corrected chi connectivity index (χ3v) is 3.64. The second kappa shape index (κ2) is 7.64. The summed E-state index contributed by atoms with van der Waals surface area (Å²) in [5.41, 5.74) is 0.894. The third-order valence-electron chi connectivity index (χ3n) is 3.41. The van der Waals surface area contributed by atoms with Gasteiger partial charge in [0.1, 0.15) is 5.75 Å². The van der Waals surface area contributed by atoms with Crippen LogP contribution in [0.25, 0.3) is 0 Å². The molecular formula is C15H20ClNO4. The molecule has 0 bridgehead atoms. The van der Waals surface area contributed by atoms with E-state index in [4.69, 9.17) is 26.2 Å². The maximum atomic E-state index is 10.6. The van der Waals surface area contributed by atoms with Gasteiger partial charge in [-0.1, -0.05) is 11.6 Å². The molecule has 1 N–H and O–H groups in total. The SMILES string of the molecule is CN(Cc1cc(Cl)ccc1OCC(=O)O)C[C@@H]1CCOC1. The summed E-state index contributed by atoms with van der Waals surface area (Å²) in [6.45, 7) is 2.89. The monoisotopic (exact) mass is 313 g/mol. The van der Waals surface area contributed by atoms with Gasteiger partial charge in [0.15, 0.2) is 6.61 Å². The predicted molar refractivity (Wildman–Crippen MR) is 79.8 cm³/mol. The minimum Gasteiger partial charge on any atom is -0.482 e. The van der Waals surface area contributed by atoms with Crippen molar-refractivity contribution in [3.05, 3.63) is 28.8 Å². The topological polar surface area (TPSA) is 59.0 Å². The molecule has 0 saturated carbocycles. The predicted octanol–water partition coefficient (Wildman–Crippen LogP) is 2.27. The lowest BCUT2D eigenvalue weighted by Gasteiger charge is -2.21. The molecule has 21 heavy (non-hydrogen) atoms. The second-order valence-corrected chi connectivity index (χ2v) is 5.80. The van der Waals surface area contributed by atoms with Gasteiger partial charge in [0.25, 0.3) is 0 Å². The molecule has 1 heterocycles. The van der Waals surface area contributed by atoms with E-state index in [0.29, 0.717) is 23.2 Å². The Morgan fingerprint density at radius 1 is 1.57 bits per heavy atom. The van der Waals surface area contributed by atoms with Gasteiger partial charge in [-0.05, 0) is 37.6 Å². The number of carboxylic acid groups (broad SMARTS) is 1. The van der Waals surface area contributed by atoms with Crippen molar-refractivity contribution in [1.29, 1.82) is 0 Å². The number of rotatable bonds is 7. The van der Waals surface area contributed by atoms with E-state index in [1.165, 1.54) is 0 Å². The third kappa shape index (κ3) is 5.19. The van der Waals surface area contributed by atoms with Crippen molar-refractivity contribution in [3.8, 4) is 5.75 Å².